The molecule has 0 unspecified atom stereocenters. The summed E-state index contributed by atoms with van der Waals surface area (Å²) in [5, 5.41) is 12.6. The van der Waals surface area contributed by atoms with Crippen LogP contribution in [0, 0.1) is 0 Å². The predicted molar refractivity (Wildman–Crippen MR) is 231 cm³/mol. The Morgan fingerprint density at radius 3 is 1.37 bits per heavy atom. The third kappa shape index (κ3) is 4.67. The Bertz CT molecular complexity index is 3120. The molecule has 0 aliphatic rings. The Morgan fingerprint density at radius 1 is 0.315 bits per heavy atom. The van der Waals surface area contributed by atoms with Crippen molar-refractivity contribution in [3.8, 4) is 16.8 Å². The van der Waals surface area contributed by atoms with Crippen LogP contribution >= 0.6 is 0 Å². The number of anilines is 3. The van der Waals surface area contributed by atoms with Crippen LogP contribution in [0.3, 0.4) is 0 Å². The molecule has 0 saturated carbocycles. The minimum absolute atomic E-state index is 1.12. The Balaban J connectivity index is 1.04. The average molecular weight is 687 g/mol. The molecule has 1 heterocycles. The smallest absolute Gasteiger partial charge is 0.0625 e. The lowest BCUT2D eigenvalue weighted by molar-refractivity contribution is 1.19. The molecule has 2 heteroatoms. The first-order valence-corrected chi connectivity index (χ1v) is 18.6. The Morgan fingerprint density at radius 2 is 0.759 bits per heavy atom. The van der Waals surface area contributed by atoms with E-state index in [4.69, 9.17) is 0 Å². The van der Waals surface area contributed by atoms with E-state index in [1.54, 1.807) is 0 Å². The van der Waals surface area contributed by atoms with Gasteiger partial charge in [0.15, 0.2) is 0 Å². The fraction of sp³-hybridized carbons (Fsp3) is 0. The molecule has 0 aliphatic heterocycles. The van der Waals surface area contributed by atoms with E-state index in [0.29, 0.717) is 0 Å². The lowest BCUT2D eigenvalue weighted by Gasteiger charge is -2.28. The van der Waals surface area contributed by atoms with E-state index in [1.165, 1.54) is 76.0 Å². The van der Waals surface area contributed by atoms with Crippen LogP contribution < -0.4 is 4.90 Å². The zero-order chi connectivity index (χ0) is 35.6. The van der Waals surface area contributed by atoms with Gasteiger partial charge in [-0.1, -0.05) is 164 Å². The minimum Gasteiger partial charge on any atom is -0.309 e. The molecule has 0 aliphatic carbocycles. The number of hydrogen-bond donors (Lipinski definition) is 0. The van der Waals surface area contributed by atoms with Crippen LogP contribution in [-0.2, 0) is 0 Å². The summed E-state index contributed by atoms with van der Waals surface area (Å²) in [7, 11) is 0. The van der Waals surface area contributed by atoms with Crippen LogP contribution in [0.2, 0.25) is 0 Å². The van der Waals surface area contributed by atoms with Gasteiger partial charge in [-0.15, -0.1) is 0 Å². The molecule has 11 aromatic rings. The zero-order valence-corrected chi connectivity index (χ0v) is 29.5. The van der Waals surface area contributed by atoms with Gasteiger partial charge < -0.3 is 9.47 Å². The lowest BCUT2D eigenvalue weighted by atomic mass is 9.97. The first-order valence-electron chi connectivity index (χ1n) is 18.6. The molecule has 0 bridgehead atoms. The number of hydrogen-bond acceptors (Lipinski definition) is 1. The van der Waals surface area contributed by atoms with Gasteiger partial charge in [-0.05, 0) is 80.5 Å². The highest BCUT2D eigenvalue weighted by molar-refractivity contribution is 6.32. The normalized spacial score (nSPS) is 11.7. The molecule has 0 saturated heterocycles. The molecule has 252 valence electrons. The summed E-state index contributed by atoms with van der Waals surface area (Å²) in [5.74, 6) is 0. The van der Waals surface area contributed by atoms with Gasteiger partial charge in [0.2, 0.25) is 0 Å². The van der Waals surface area contributed by atoms with Crippen LogP contribution in [0.1, 0.15) is 0 Å². The van der Waals surface area contributed by atoms with Crippen molar-refractivity contribution in [2.45, 2.75) is 0 Å². The number of para-hydroxylation sites is 1. The second-order valence-electron chi connectivity index (χ2n) is 14.1. The van der Waals surface area contributed by atoms with Crippen molar-refractivity contribution in [2.75, 3.05) is 4.90 Å². The Kier molecular flexibility index (Phi) is 6.90. The molecule has 2 nitrogen and oxygen atoms in total. The summed E-state index contributed by atoms with van der Waals surface area (Å²) in [5.41, 5.74) is 9.43. The first kappa shape index (κ1) is 30.5. The van der Waals surface area contributed by atoms with E-state index in [1.807, 2.05) is 0 Å². The van der Waals surface area contributed by atoms with Gasteiger partial charge in [0, 0.05) is 38.3 Å². The number of fused-ring (bicyclic) bond motifs is 10. The molecule has 10 aromatic carbocycles. The van der Waals surface area contributed by atoms with Crippen molar-refractivity contribution in [1.29, 1.82) is 0 Å². The maximum atomic E-state index is 2.46. The summed E-state index contributed by atoms with van der Waals surface area (Å²) < 4.78 is 2.46. The molecule has 0 atom stereocenters. The quantitative estimate of drug-likeness (QED) is 0.164. The molecule has 54 heavy (non-hydrogen) atoms. The fourth-order valence-corrected chi connectivity index (χ4v) is 8.72. The molecule has 0 N–H and O–H groups in total. The largest absolute Gasteiger partial charge is 0.309 e. The molecule has 1 aromatic heterocycles. The molecular weight excluding hydrogens is 653 g/mol. The van der Waals surface area contributed by atoms with Crippen LogP contribution in [0.15, 0.2) is 206 Å². The number of nitrogens with zero attached hydrogens (tertiary/aromatic N) is 2. The minimum atomic E-state index is 1.12. The van der Waals surface area contributed by atoms with E-state index < -0.39 is 0 Å². The van der Waals surface area contributed by atoms with Gasteiger partial charge in [0.05, 0.1) is 22.4 Å². The lowest BCUT2D eigenvalue weighted by Crippen LogP contribution is -2.11. The first-order chi connectivity index (χ1) is 26.8. The van der Waals surface area contributed by atoms with Crippen molar-refractivity contribution >= 4 is 82.0 Å². The van der Waals surface area contributed by atoms with Gasteiger partial charge in [-0.3, -0.25) is 0 Å². The highest BCUT2D eigenvalue weighted by atomic mass is 15.1. The summed E-state index contributed by atoms with van der Waals surface area (Å²) >= 11 is 0. The van der Waals surface area contributed by atoms with Gasteiger partial charge in [-0.25, -0.2) is 0 Å². The van der Waals surface area contributed by atoms with Crippen LogP contribution in [0.4, 0.5) is 17.1 Å². The van der Waals surface area contributed by atoms with Gasteiger partial charge in [0.25, 0.3) is 0 Å². The van der Waals surface area contributed by atoms with Crippen molar-refractivity contribution in [1.82, 2.24) is 4.57 Å². The van der Waals surface area contributed by atoms with Crippen LogP contribution in [-0.4, -0.2) is 4.57 Å². The van der Waals surface area contributed by atoms with Crippen molar-refractivity contribution in [2.24, 2.45) is 0 Å². The van der Waals surface area contributed by atoms with E-state index >= 15 is 0 Å². The SMILES string of the molecule is c1ccc2c(N(c3ccc(-c4ccc(-n5c6ccccc6c6c7ccccc7c7ccccc7c65)cc4)cc3)c3cccc4ccccc34)cccc2c1. The monoisotopic (exact) mass is 686 g/mol. The van der Waals surface area contributed by atoms with E-state index in [2.05, 4.69) is 216 Å². The van der Waals surface area contributed by atoms with Crippen LogP contribution in [0.25, 0.3) is 81.7 Å². The molecular formula is C52H34N2. The zero-order valence-electron chi connectivity index (χ0n) is 29.5. The molecule has 0 radical (unpaired) electrons. The maximum Gasteiger partial charge on any atom is 0.0625 e. The summed E-state index contributed by atoms with van der Waals surface area (Å²) in [6, 6.07) is 75.1. The molecule has 0 spiro atoms. The third-order valence-electron chi connectivity index (χ3n) is 11.1. The third-order valence-corrected chi connectivity index (χ3v) is 11.1. The Labute approximate surface area is 313 Å². The maximum absolute atomic E-state index is 2.46. The van der Waals surface area contributed by atoms with E-state index in [-0.39, 0.29) is 0 Å². The molecule has 0 amide bonds. The standard InChI is InChI=1S/C52H34N2/c1-3-17-41-37(13-1)15-11-25-48(41)53(49-26-12-16-38-14-2-4-18-42(38)49)39-31-27-35(28-32-39)36-29-33-40(34-30-36)54-50-24-10-9-23-47(50)51-45-21-7-5-19-43(45)44-20-6-8-22-46(44)52(51)54/h1-34H. The fourth-order valence-electron chi connectivity index (χ4n) is 8.72. The molecule has 11 rings (SSSR count). The number of aromatic nitrogens is 1. The van der Waals surface area contributed by atoms with Gasteiger partial charge in [0.1, 0.15) is 0 Å². The topological polar surface area (TPSA) is 8.17 Å². The van der Waals surface area contributed by atoms with Crippen molar-refractivity contribution in [3.63, 3.8) is 0 Å². The van der Waals surface area contributed by atoms with Crippen molar-refractivity contribution in [3.05, 3.63) is 206 Å². The Hall–Kier alpha value is -7.16. The highest BCUT2D eigenvalue weighted by Gasteiger charge is 2.20. The predicted octanol–water partition coefficient (Wildman–Crippen LogP) is 14.5. The average Bonchev–Trinajstić information content (AvgIpc) is 3.60. The van der Waals surface area contributed by atoms with E-state index in [0.717, 1.165) is 22.7 Å². The summed E-state index contributed by atoms with van der Waals surface area (Å²) in [6.45, 7) is 0. The summed E-state index contributed by atoms with van der Waals surface area (Å²) in [6.07, 6.45) is 0. The number of rotatable bonds is 5. The van der Waals surface area contributed by atoms with Crippen LogP contribution in [0.5, 0.6) is 0 Å². The summed E-state index contributed by atoms with van der Waals surface area (Å²) in [4.78, 5) is 2.41. The molecule has 0 fully saturated rings. The second kappa shape index (κ2) is 12.2. The highest BCUT2D eigenvalue weighted by Crippen LogP contribution is 2.44. The second-order valence-corrected chi connectivity index (χ2v) is 14.1. The van der Waals surface area contributed by atoms with E-state index in [9.17, 15) is 0 Å². The van der Waals surface area contributed by atoms with Gasteiger partial charge >= 0.3 is 0 Å². The van der Waals surface area contributed by atoms with Gasteiger partial charge in [-0.2, -0.15) is 0 Å². The van der Waals surface area contributed by atoms with Crippen molar-refractivity contribution < 1.29 is 0 Å². The number of benzene rings is 10.